The zero-order chi connectivity index (χ0) is 12.4. The molecule has 1 aromatic heterocycles. The highest BCUT2D eigenvalue weighted by Gasteiger charge is 2.18. The average molecular weight is 331 g/mol. The van der Waals surface area contributed by atoms with Gasteiger partial charge in [0.25, 0.3) is 0 Å². The number of nitrogens with one attached hydrogen (secondary N) is 1. The van der Waals surface area contributed by atoms with E-state index in [1.54, 1.807) is 11.3 Å². The highest BCUT2D eigenvalue weighted by molar-refractivity contribution is 9.10. The Balaban J connectivity index is 2.49. The van der Waals surface area contributed by atoms with Crippen molar-refractivity contribution in [3.8, 4) is 0 Å². The minimum atomic E-state index is 0.136. The van der Waals surface area contributed by atoms with Crippen molar-refractivity contribution in [2.45, 2.75) is 13.0 Å². The van der Waals surface area contributed by atoms with E-state index in [9.17, 15) is 0 Å². The van der Waals surface area contributed by atoms with Crippen molar-refractivity contribution in [1.29, 1.82) is 0 Å². The molecule has 1 N–H and O–H groups in total. The Morgan fingerprint density at radius 3 is 2.71 bits per heavy atom. The van der Waals surface area contributed by atoms with Gasteiger partial charge in [-0.15, -0.1) is 11.3 Å². The van der Waals surface area contributed by atoms with Crippen molar-refractivity contribution in [2.75, 3.05) is 7.05 Å². The fraction of sp³-hybridized carbons (Fsp3) is 0.231. The van der Waals surface area contributed by atoms with Gasteiger partial charge in [-0.25, -0.2) is 0 Å². The molecule has 4 heteroatoms. The smallest absolute Gasteiger partial charge is 0.0694 e. The van der Waals surface area contributed by atoms with E-state index in [4.69, 9.17) is 11.6 Å². The maximum atomic E-state index is 6.21. The first-order chi connectivity index (χ1) is 8.13. The molecule has 0 aliphatic carbocycles. The summed E-state index contributed by atoms with van der Waals surface area (Å²) in [5.41, 5.74) is 2.47. The largest absolute Gasteiger partial charge is 0.309 e. The number of hydrogen-bond donors (Lipinski definition) is 1. The van der Waals surface area contributed by atoms with Crippen LogP contribution in [-0.4, -0.2) is 7.05 Å². The second kappa shape index (κ2) is 5.53. The van der Waals surface area contributed by atoms with Crippen LogP contribution >= 0.6 is 38.9 Å². The Morgan fingerprint density at radius 1 is 1.35 bits per heavy atom. The minimum Gasteiger partial charge on any atom is -0.309 e. The molecular formula is C13H13BrClNS. The van der Waals surface area contributed by atoms with Gasteiger partial charge in [0.05, 0.1) is 11.1 Å². The SMILES string of the molecule is CNC(c1cc(C)ccc1Br)c1sccc1Cl. The third-order valence-corrected chi connectivity index (χ3v) is 4.80. The molecule has 0 saturated heterocycles. The van der Waals surface area contributed by atoms with Crippen LogP contribution in [0.1, 0.15) is 22.0 Å². The third-order valence-electron chi connectivity index (χ3n) is 2.66. The van der Waals surface area contributed by atoms with E-state index in [2.05, 4.69) is 46.4 Å². The van der Waals surface area contributed by atoms with Crippen molar-refractivity contribution in [3.05, 3.63) is 55.1 Å². The molecule has 1 unspecified atom stereocenters. The zero-order valence-electron chi connectivity index (χ0n) is 9.63. The molecule has 17 heavy (non-hydrogen) atoms. The fourth-order valence-electron chi connectivity index (χ4n) is 1.82. The number of halogens is 2. The Kier molecular flexibility index (Phi) is 4.26. The summed E-state index contributed by atoms with van der Waals surface area (Å²) < 4.78 is 1.10. The van der Waals surface area contributed by atoms with Crippen LogP contribution in [-0.2, 0) is 0 Å². The molecule has 0 radical (unpaired) electrons. The Bertz CT molecular complexity index is 524. The molecule has 0 fully saturated rings. The summed E-state index contributed by atoms with van der Waals surface area (Å²) in [5.74, 6) is 0. The van der Waals surface area contributed by atoms with Crippen molar-refractivity contribution in [1.82, 2.24) is 5.32 Å². The first-order valence-electron chi connectivity index (χ1n) is 5.29. The van der Waals surface area contributed by atoms with Gasteiger partial charge in [-0.1, -0.05) is 45.2 Å². The first-order valence-corrected chi connectivity index (χ1v) is 7.34. The Hall–Kier alpha value is -0.350. The van der Waals surface area contributed by atoms with E-state index in [1.807, 2.05) is 18.5 Å². The normalized spacial score (nSPS) is 12.7. The van der Waals surface area contributed by atoms with E-state index in [-0.39, 0.29) is 6.04 Å². The molecule has 0 aliphatic heterocycles. The molecular weight excluding hydrogens is 318 g/mol. The molecule has 1 heterocycles. The summed E-state index contributed by atoms with van der Waals surface area (Å²) >= 11 is 11.5. The van der Waals surface area contributed by atoms with E-state index in [0.717, 1.165) is 14.4 Å². The number of hydrogen-bond acceptors (Lipinski definition) is 2. The molecule has 0 amide bonds. The summed E-state index contributed by atoms with van der Waals surface area (Å²) in [5, 5.41) is 6.17. The van der Waals surface area contributed by atoms with E-state index in [0.29, 0.717) is 0 Å². The Labute approximate surface area is 119 Å². The van der Waals surface area contributed by atoms with Gasteiger partial charge < -0.3 is 5.32 Å². The van der Waals surface area contributed by atoms with Gasteiger partial charge in [-0.05, 0) is 37.0 Å². The quantitative estimate of drug-likeness (QED) is 0.854. The molecule has 2 aromatic rings. The first kappa shape index (κ1) is 13.1. The molecule has 1 aromatic carbocycles. The van der Waals surface area contributed by atoms with Crippen molar-refractivity contribution < 1.29 is 0 Å². The van der Waals surface area contributed by atoms with Crippen molar-refractivity contribution in [3.63, 3.8) is 0 Å². The summed E-state index contributed by atoms with van der Waals surface area (Å²) in [6.45, 7) is 2.10. The average Bonchev–Trinajstić information content (AvgIpc) is 2.71. The summed E-state index contributed by atoms with van der Waals surface area (Å²) in [6, 6.07) is 8.43. The minimum absolute atomic E-state index is 0.136. The Morgan fingerprint density at radius 2 is 2.12 bits per heavy atom. The van der Waals surface area contributed by atoms with Crippen LogP contribution in [0.25, 0.3) is 0 Å². The molecule has 0 saturated carbocycles. The lowest BCUT2D eigenvalue weighted by atomic mass is 10.0. The summed E-state index contributed by atoms with van der Waals surface area (Å²) in [7, 11) is 1.95. The molecule has 0 aliphatic rings. The van der Waals surface area contributed by atoms with Crippen molar-refractivity contribution >= 4 is 38.9 Å². The fourth-order valence-corrected chi connectivity index (χ4v) is 3.59. The molecule has 90 valence electrons. The topological polar surface area (TPSA) is 12.0 Å². The van der Waals surface area contributed by atoms with Crippen LogP contribution in [0.5, 0.6) is 0 Å². The second-order valence-electron chi connectivity index (χ2n) is 3.88. The van der Waals surface area contributed by atoms with Crippen LogP contribution in [0.3, 0.4) is 0 Å². The zero-order valence-corrected chi connectivity index (χ0v) is 12.8. The van der Waals surface area contributed by atoms with Crippen LogP contribution in [0.4, 0.5) is 0 Å². The summed E-state index contributed by atoms with van der Waals surface area (Å²) in [4.78, 5) is 1.15. The number of thiophene rings is 1. The lowest BCUT2D eigenvalue weighted by Crippen LogP contribution is -2.17. The number of rotatable bonds is 3. The highest BCUT2D eigenvalue weighted by atomic mass is 79.9. The molecule has 0 bridgehead atoms. The van der Waals surface area contributed by atoms with Crippen molar-refractivity contribution in [2.24, 2.45) is 0 Å². The van der Waals surface area contributed by atoms with E-state index < -0.39 is 0 Å². The van der Waals surface area contributed by atoms with Crippen LogP contribution in [0.2, 0.25) is 5.02 Å². The summed E-state index contributed by atoms with van der Waals surface area (Å²) in [6.07, 6.45) is 0. The number of aryl methyl sites for hydroxylation is 1. The van der Waals surface area contributed by atoms with Crippen LogP contribution < -0.4 is 5.32 Å². The lowest BCUT2D eigenvalue weighted by Gasteiger charge is -2.18. The van der Waals surface area contributed by atoms with Gasteiger partial charge in [0.15, 0.2) is 0 Å². The lowest BCUT2D eigenvalue weighted by molar-refractivity contribution is 0.700. The van der Waals surface area contributed by atoms with Crippen LogP contribution in [0, 0.1) is 6.92 Å². The maximum absolute atomic E-state index is 6.21. The maximum Gasteiger partial charge on any atom is 0.0694 e. The van der Waals surface area contributed by atoms with Gasteiger partial charge in [0.1, 0.15) is 0 Å². The second-order valence-corrected chi connectivity index (χ2v) is 6.09. The standard InChI is InChI=1S/C13H13BrClNS/c1-8-3-4-10(14)9(7-8)12(16-2)13-11(15)5-6-17-13/h3-7,12,16H,1-2H3. The predicted octanol–water partition coefficient (Wildman–Crippen LogP) is 4.78. The van der Waals surface area contributed by atoms with Gasteiger partial charge in [-0.2, -0.15) is 0 Å². The predicted molar refractivity (Wildman–Crippen MR) is 79.1 cm³/mol. The van der Waals surface area contributed by atoms with Crippen LogP contribution in [0.15, 0.2) is 34.1 Å². The monoisotopic (exact) mass is 329 g/mol. The molecule has 0 spiro atoms. The van der Waals surface area contributed by atoms with Gasteiger partial charge >= 0.3 is 0 Å². The van der Waals surface area contributed by atoms with Gasteiger partial charge in [0.2, 0.25) is 0 Å². The van der Waals surface area contributed by atoms with E-state index in [1.165, 1.54) is 11.1 Å². The van der Waals surface area contributed by atoms with Gasteiger partial charge in [0, 0.05) is 9.35 Å². The molecule has 2 rings (SSSR count). The third kappa shape index (κ3) is 2.74. The molecule has 1 nitrogen and oxygen atoms in total. The highest BCUT2D eigenvalue weighted by Crippen LogP contribution is 2.35. The number of benzene rings is 1. The van der Waals surface area contributed by atoms with Gasteiger partial charge in [-0.3, -0.25) is 0 Å². The molecule has 1 atom stereocenters. The van der Waals surface area contributed by atoms with E-state index >= 15 is 0 Å².